The van der Waals surface area contributed by atoms with Crippen LogP contribution in [0, 0.1) is 5.92 Å². The van der Waals surface area contributed by atoms with Gasteiger partial charge in [0, 0.05) is 24.2 Å². The Kier molecular flexibility index (Phi) is 17.2. The molecule has 5 nitrogen and oxygen atoms in total. The Labute approximate surface area is 409 Å². The van der Waals surface area contributed by atoms with Crippen LogP contribution < -0.4 is 20.2 Å². The van der Waals surface area contributed by atoms with E-state index in [1.54, 1.807) is 0 Å². The van der Waals surface area contributed by atoms with Crippen molar-refractivity contribution in [2.75, 3.05) is 12.4 Å². The third-order valence-corrected chi connectivity index (χ3v) is 11.4. The smallest absolute Gasteiger partial charge is 0.872 e. The molecule has 0 radical (unpaired) electrons. The maximum absolute atomic E-state index is 14.4. The molecular weight excluding hydrogens is 886 g/mol. The van der Waals surface area contributed by atoms with Gasteiger partial charge in [0.15, 0.2) is 0 Å². The van der Waals surface area contributed by atoms with Gasteiger partial charge in [-0.15, -0.1) is 34.6 Å². The Hall–Kier alpha value is -4.81. The molecule has 0 bridgehead atoms. The molecule has 7 aromatic rings. The number of halogens is 2. The Bertz CT molecular complexity index is 2460. The van der Waals surface area contributed by atoms with E-state index in [4.69, 9.17) is 38.3 Å². The van der Waals surface area contributed by atoms with Crippen molar-refractivity contribution >= 4 is 23.2 Å². The summed E-state index contributed by atoms with van der Waals surface area (Å²) >= 11 is 9.53. The second-order valence-electron chi connectivity index (χ2n) is 20.2. The molecule has 0 saturated heterocycles. The van der Waals surface area contributed by atoms with Gasteiger partial charge < -0.3 is 25.3 Å². The van der Waals surface area contributed by atoms with Crippen LogP contribution in [0.5, 0.6) is 11.5 Å². The van der Waals surface area contributed by atoms with Crippen LogP contribution in [0.1, 0.15) is 122 Å². The fourth-order valence-corrected chi connectivity index (χ4v) is 7.85. The Balaban J connectivity index is 0.00000148. The van der Waals surface area contributed by atoms with Crippen molar-refractivity contribution in [3.63, 3.8) is 0 Å². The summed E-state index contributed by atoms with van der Waals surface area (Å²) in [6, 6.07) is 43.4. The summed E-state index contributed by atoms with van der Waals surface area (Å²) in [5.41, 5.74) is 11.6. The van der Waals surface area contributed by atoms with Crippen molar-refractivity contribution in [3.05, 3.63) is 173 Å². The van der Waals surface area contributed by atoms with E-state index in [0.717, 1.165) is 63.1 Å². The molecule has 0 spiro atoms. The Morgan fingerprint density at radius 3 is 1.11 bits per heavy atom. The van der Waals surface area contributed by atoms with E-state index in [9.17, 15) is 10.2 Å². The minimum atomic E-state index is -0.355. The van der Waals surface area contributed by atoms with Crippen LogP contribution in [0.2, 0.25) is 0 Å². The minimum Gasteiger partial charge on any atom is -0.872 e. The number of nitrogens with zero attached hydrogens (tertiary/aromatic N) is 2. The third kappa shape index (κ3) is 12.0. The number of alkyl halides is 2. The molecule has 8 heteroatoms. The van der Waals surface area contributed by atoms with Crippen LogP contribution in [-0.2, 0) is 38.7 Å². The van der Waals surface area contributed by atoms with E-state index in [-0.39, 0.29) is 55.6 Å². The fourth-order valence-electron chi connectivity index (χ4n) is 7.85. The largest absolute Gasteiger partial charge is 3.00 e. The van der Waals surface area contributed by atoms with Crippen LogP contribution in [-0.4, -0.2) is 17.6 Å². The molecule has 65 heavy (non-hydrogen) atoms. The molecule has 0 atom stereocenters. The maximum Gasteiger partial charge on any atom is 3.00 e. The van der Waals surface area contributed by atoms with E-state index in [2.05, 4.69) is 162 Å². The van der Waals surface area contributed by atoms with Gasteiger partial charge in [-0.1, -0.05) is 167 Å². The average molecular weight is 950 g/mol. The first kappa shape index (κ1) is 52.8. The van der Waals surface area contributed by atoms with Crippen molar-refractivity contribution in [3.8, 4) is 56.3 Å². The number of aromatic nitrogens is 2. The summed E-state index contributed by atoms with van der Waals surface area (Å²) in [5.74, 6) is 0.819. The summed E-state index contributed by atoms with van der Waals surface area (Å²) in [6.45, 7) is 25.6. The van der Waals surface area contributed by atoms with Gasteiger partial charge in [-0.05, 0) is 122 Å². The summed E-state index contributed by atoms with van der Waals surface area (Å²) in [4.78, 5) is 10.7. The first-order valence-corrected chi connectivity index (χ1v) is 22.8. The molecule has 7 rings (SSSR count). The second-order valence-corrected chi connectivity index (χ2v) is 21.0. The summed E-state index contributed by atoms with van der Waals surface area (Å²) in [6.07, 6.45) is 0. The molecule has 0 aliphatic heterocycles. The predicted molar refractivity (Wildman–Crippen MR) is 267 cm³/mol. The molecule has 1 N–H and O–H groups in total. The van der Waals surface area contributed by atoms with Gasteiger partial charge in [0.1, 0.15) is 0 Å². The Morgan fingerprint density at radius 1 is 0.462 bits per heavy atom. The quantitative estimate of drug-likeness (QED) is 0.0976. The van der Waals surface area contributed by atoms with Crippen LogP contribution in [0.4, 0.5) is 0 Å². The molecule has 0 fully saturated rings. The van der Waals surface area contributed by atoms with Crippen molar-refractivity contribution in [2.24, 2.45) is 0 Å². The second kappa shape index (κ2) is 21.2. The number of rotatable bonds is 7. The standard InChI is InChI=1S/C55H59N2O2.CH2Cl2.CH4O.Mn/c1-52(2,3)36-30-40(50(58)42(32-36)54(7,8)9)44-26-28-46(56-44)49(48-38(34-20-15-13-16-21-34)24-19-25-39(48)35-22-17-14-18-23-35)47-29-27-45(57-47)41-31-37(53(4,5)6)33-43(51(41)59)55(10,11)12;2-1-3;1-2;/h13-33,58-59H,1-12H3;1H2;2H,1H3;/q-1;;;+3/p-2. The van der Waals surface area contributed by atoms with Crippen molar-refractivity contribution in [1.82, 2.24) is 9.97 Å². The minimum absolute atomic E-state index is 0. The molecule has 2 heterocycles. The average Bonchev–Trinajstić information content (AvgIpc) is 3.92. The van der Waals surface area contributed by atoms with Gasteiger partial charge in [-0.3, -0.25) is 0 Å². The van der Waals surface area contributed by atoms with Crippen LogP contribution in [0.25, 0.3) is 44.8 Å². The zero-order chi connectivity index (χ0) is 47.4. The van der Waals surface area contributed by atoms with E-state index in [0.29, 0.717) is 33.9 Å². The Morgan fingerprint density at radius 2 is 0.800 bits per heavy atom. The SMILES string of the molecule is CC(C)(C)c1cc(-c2ccc([C+](c3ccc(-c4cc(C(C)(C)C)cc(C(C)(C)C)c4[O-])[n-]3)c3c(-c4ccccc4)cccc3-c3ccccc3)[n-]2)c([O-])c(C(C)(C)C)c1.CO.ClCCl.[Mn+3]. The molecule has 0 aliphatic rings. The van der Waals surface area contributed by atoms with Crippen molar-refractivity contribution < 1.29 is 32.4 Å². The number of hydrogen-bond acceptors (Lipinski definition) is 3. The van der Waals surface area contributed by atoms with E-state index < -0.39 is 0 Å². The van der Waals surface area contributed by atoms with Gasteiger partial charge >= 0.3 is 17.1 Å². The monoisotopic (exact) mass is 948 g/mol. The van der Waals surface area contributed by atoms with Crippen molar-refractivity contribution in [2.45, 2.75) is 105 Å². The first-order valence-electron chi connectivity index (χ1n) is 21.7. The number of hydrogen-bond donors (Lipinski definition) is 1. The van der Waals surface area contributed by atoms with E-state index >= 15 is 0 Å². The molecule has 5 aromatic carbocycles. The molecular formula is C57H63Cl2MnN2O3. The fraction of sp³-hybridized carbons (Fsp3) is 0.316. The number of aliphatic hydroxyl groups excluding tert-OH is 1. The molecule has 0 saturated carbocycles. The zero-order valence-corrected chi connectivity index (χ0v) is 42.8. The van der Waals surface area contributed by atoms with E-state index in [1.807, 2.05) is 48.5 Å². The van der Waals surface area contributed by atoms with Crippen LogP contribution in [0.15, 0.2) is 127 Å². The summed E-state index contributed by atoms with van der Waals surface area (Å²) in [5, 5.41) is 36.0. The van der Waals surface area contributed by atoms with Gasteiger partial charge in [-0.25, -0.2) is 0 Å². The van der Waals surface area contributed by atoms with Gasteiger partial charge in [0.2, 0.25) is 0 Å². The first-order chi connectivity index (χ1) is 30.0. The third-order valence-electron chi connectivity index (χ3n) is 11.4. The molecule has 340 valence electrons. The van der Waals surface area contributed by atoms with Gasteiger partial charge in [0.25, 0.3) is 0 Å². The molecule has 0 unspecified atom stereocenters. The number of aliphatic hydroxyl groups is 1. The topological polar surface area (TPSA) is 94.5 Å². The van der Waals surface area contributed by atoms with Gasteiger partial charge in [0.05, 0.1) is 22.0 Å². The molecule has 0 aliphatic carbocycles. The summed E-state index contributed by atoms with van der Waals surface area (Å²) in [7, 11) is 1.00. The van der Waals surface area contributed by atoms with E-state index in [1.165, 1.54) is 0 Å². The molecule has 2 aromatic heterocycles. The predicted octanol–water partition coefficient (Wildman–Crippen LogP) is 13.7. The maximum atomic E-state index is 14.4. The van der Waals surface area contributed by atoms with Gasteiger partial charge in [-0.2, -0.15) is 0 Å². The number of benzene rings is 5. The molecule has 0 amide bonds. The van der Waals surface area contributed by atoms with Crippen LogP contribution in [0.3, 0.4) is 0 Å². The zero-order valence-electron chi connectivity index (χ0n) is 40.1. The van der Waals surface area contributed by atoms with Crippen LogP contribution >= 0.6 is 23.2 Å². The normalized spacial score (nSPS) is 11.8. The van der Waals surface area contributed by atoms with Crippen molar-refractivity contribution in [1.29, 1.82) is 0 Å². The summed E-state index contributed by atoms with van der Waals surface area (Å²) < 4.78 is 0.